The largest absolute Gasteiger partial charge is 0.384 e. The normalized spacial score (nSPS) is 12.5. The SMILES string of the molecule is CN(C)/C=C/CCC(C)(C)C. The van der Waals surface area contributed by atoms with E-state index in [0.717, 1.165) is 0 Å². The average molecular weight is 155 g/mol. The molecule has 0 N–H and O–H groups in total. The first-order chi connectivity index (χ1) is 4.92. The van der Waals surface area contributed by atoms with Gasteiger partial charge in [0, 0.05) is 14.1 Å². The second kappa shape index (κ2) is 4.42. The van der Waals surface area contributed by atoms with Crippen molar-refractivity contribution in [1.82, 2.24) is 4.90 Å². The zero-order valence-electron chi connectivity index (χ0n) is 8.52. The fourth-order valence-corrected chi connectivity index (χ4v) is 0.802. The van der Waals surface area contributed by atoms with Crippen LogP contribution in [0.5, 0.6) is 0 Å². The van der Waals surface area contributed by atoms with Crippen LogP contribution in [0.25, 0.3) is 0 Å². The van der Waals surface area contributed by atoms with Gasteiger partial charge in [-0.25, -0.2) is 0 Å². The minimum atomic E-state index is 0.469. The van der Waals surface area contributed by atoms with Crippen LogP contribution in [0.3, 0.4) is 0 Å². The molecule has 0 heterocycles. The van der Waals surface area contributed by atoms with Crippen molar-refractivity contribution in [3.05, 3.63) is 12.3 Å². The van der Waals surface area contributed by atoms with Crippen molar-refractivity contribution >= 4 is 0 Å². The Balaban J connectivity index is 3.42. The molecule has 0 rings (SSSR count). The van der Waals surface area contributed by atoms with Crippen LogP contribution in [0.4, 0.5) is 0 Å². The Bertz CT molecular complexity index is 117. The van der Waals surface area contributed by atoms with Gasteiger partial charge in [0.05, 0.1) is 0 Å². The summed E-state index contributed by atoms with van der Waals surface area (Å²) >= 11 is 0. The highest BCUT2D eigenvalue weighted by Gasteiger charge is 2.07. The molecule has 0 aliphatic carbocycles. The van der Waals surface area contributed by atoms with Gasteiger partial charge in [0.2, 0.25) is 0 Å². The summed E-state index contributed by atoms with van der Waals surface area (Å²) in [4.78, 5) is 2.07. The summed E-state index contributed by atoms with van der Waals surface area (Å²) in [5, 5.41) is 0. The third kappa shape index (κ3) is 9.54. The highest BCUT2D eigenvalue weighted by molar-refractivity contribution is 4.80. The Kier molecular flexibility index (Phi) is 4.24. The zero-order chi connectivity index (χ0) is 8.91. The molecule has 0 fully saturated rings. The van der Waals surface area contributed by atoms with Gasteiger partial charge in [0.15, 0.2) is 0 Å². The monoisotopic (exact) mass is 155 g/mol. The van der Waals surface area contributed by atoms with Gasteiger partial charge in [-0.15, -0.1) is 0 Å². The van der Waals surface area contributed by atoms with Crippen LogP contribution in [-0.4, -0.2) is 19.0 Å². The molecule has 0 atom stereocenters. The van der Waals surface area contributed by atoms with Gasteiger partial charge in [0.25, 0.3) is 0 Å². The van der Waals surface area contributed by atoms with Crippen molar-refractivity contribution < 1.29 is 0 Å². The van der Waals surface area contributed by atoms with Gasteiger partial charge in [-0.2, -0.15) is 0 Å². The molecule has 0 radical (unpaired) electrons. The highest BCUT2D eigenvalue weighted by Crippen LogP contribution is 2.20. The van der Waals surface area contributed by atoms with E-state index in [4.69, 9.17) is 0 Å². The molecule has 0 bridgehead atoms. The molecule has 11 heavy (non-hydrogen) atoms. The van der Waals surface area contributed by atoms with E-state index in [1.807, 2.05) is 14.1 Å². The molecule has 0 unspecified atom stereocenters. The molecule has 0 aliphatic rings. The second-order valence-electron chi connectivity index (χ2n) is 4.45. The predicted molar refractivity (Wildman–Crippen MR) is 51.5 cm³/mol. The van der Waals surface area contributed by atoms with Gasteiger partial charge in [-0.3, -0.25) is 0 Å². The van der Waals surface area contributed by atoms with Gasteiger partial charge in [0.1, 0.15) is 0 Å². The molecule has 0 amide bonds. The third-order valence-corrected chi connectivity index (χ3v) is 1.46. The first-order valence-corrected chi connectivity index (χ1v) is 4.25. The molecule has 0 saturated carbocycles. The Morgan fingerprint density at radius 2 is 1.73 bits per heavy atom. The minimum Gasteiger partial charge on any atom is -0.384 e. The van der Waals surface area contributed by atoms with E-state index in [9.17, 15) is 0 Å². The van der Waals surface area contributed by atoms with Crippen molar-refractivity contribution in [1.29, 1.82) is 0 Å². The Labute approximate surface area is 71.1 Å². The summed E-state index contributed by atoms with van der Waals surface area (Å²) < 4.78 is 0. The lowest BCUT2D eigenvalue weighted by molar-refractivity contribution is 0.380. The number of allylic oxidation sites excluding steroid dienone is 1. The number of hydrogen-bond acceptors (Lipinski definition) is 1. The lowest BCUT2D eigenvalue weighted by Crippen LogP contribution is -2.04. The summed E-state index contributed by atoms with van der Waals surface area (Å²) in [6, 6.07) is 0. The fraction of sp³-hybridized carbons (Fsp3) is 0.800. The molecule has 1 heteroatoms. The van der Waals surface area contributed by atoms with E-state index >= 15 is 0 Å². The average Bonchev–Trinajstić information content (AvgIpc) is 1.78. The highest BCUT2D eigenvalue weighted by atomic mass is 15.0. The molecule has 66 valence electrons. The number of hydrogen-bond donors (Lipinski definition) is 0. The van der Waals surface area contributed by atoms with Crippen LogP contribution in [0.2, 0.25) is 0 Å². The van der Waals surface area contributed by atoms with Gasteiger partial charge in [-0.1, -0.05) is 26.8 Å². The fourth-order valence-electron chi connectivity index (χ4n) is 0.802. The van der Waals surface area contributed by atoms with E-state index in [-0.39, 0.29) is 0 Å². The molecule has 0 aliphatic heterocycles. The summed E-state index contributed by atoms with van der Waals surface area (Å²) in [7, 11) is 4.10. The maximum atomic E-state index is 2.27. The first-order valence-electron chi connectivity index (χ1n) is 4.25. The van der Waals surface area contributed by atoms with E-state index in [1.54, 1.807) is 0 Å². The third-order valence-electron chi connectivity index (χ3n) is 1.46. The summed E-state index contributed by atoms with van der Waals surface area (Å²) in [6.45, 7) is 6.82. The first kappa shape index (κ1) is 10.5. The van der Waals surface area contributed by atoms with Gasteiger partial charge >= 0.3 is 0 Å². The van der Waals surface area contributed by atoms with Crippen molar-refractivity contribution in [2.75, 3.05) is 14.1 Å². The molecule has 0 aromatic carbocycles. The number of nitrogens with zero attached hydrogens (tertiary/aromatic N) is 1. The zero-order valence-corrected chi connectivity index (χ0v) is 8.52. The van der Waals surface area contributed by atoms with E-state index in [1.165, 1.54) is 12.8 Å². The molecular weight excluding hydrogens is 134 g/mol. The van der Waals surface area contributed by atoms with E-state index in [0.29, 0.717) is 5.41 Å². The molecule has 1 nitrogen and oxygen atoms in total. The predicted octanol–water partition coefficient (Wildman–Crippen LogP) is 2.89. The summed E-state index contributed by atoms with van der Waals surface area (Å²) in [5.74, 6) is 0. The van der Waals surface area contributed by atoms with Crippen molar-refractivity contribution in [2.24, 2.45) is 5.41 Å². The van der Waals surface area contributed by atoms with E-state index in [2.05, 4.69) is 37.9 Å². The Morgan fingerprint density at radius 3 is 2.09 bits per heavy atom. The topological polar surface area (TPSA) is 3.24 Å². The van der Waals surface area contributed by atoms with Crippen molar-refractivity contribution in [2.45, 2.75) is 33.6 Å². The van der Waals surface area contributed by atoms with Crippen molar-refractivity contribution in [3.63, 3.8) is 0 Å². The Morgan fingerprint density at radius 1 is 1.18 bits per heavy atom. The van der Waals surface area contributed by atoms with Gasteiger partial charge < -0.3 is 4.90 Å². The van der Waals surface area contributed by atoms with Crippen LogP contribution in [0, 0.1) is 5.41 Å². The molecule has 0 aromatic rings. The Hall–Kier alpha value is -0.460. The second-order valence-corrected chi connectivity index (χ2v) is 4.45. The van der Waals surface area contributed by atoms with Crippen LogP contribution in [-0.2, 0) is 0 Å². The molecular formula is C10H21N. The van der Waals surface area contributed by atoms with Crippen LogP contribution >= 0.6 is 0 Å². The van der Waals surface area contributed by atoms with E-state index < -0.39 is 0 Å². The molecule has 0 aromatic heterocycles. The lowest BCUT2D eigenvalue weighted by atomic mass is 9.91. The summed E-state index contributed by atoms with van der Waals surface area (Å²) in [5.41, 5.74) is 0.469. The minimum absolute atomic E-state index is 0.469. The number of rotatable bonds is 3. The molecule has 0 spiro atoms. The smallest absolute Gasteiger partial charge is 0.00555 e. The maximum absolute atomic E-state index is 2.27. The quantitative estimate of drug-likeness (QED) is 0.605. The summed E-state index contributed by atoms with van der Waals surface area (Å²) in [6.07, 6.45) is 6.79. The van der Waals surface area contributed by atoms with Crippen LogP contribution in [0.1, 0.15) is 33.6 Å². The van der Waals surface area contributed by atoms with Crippen LogP contribution < -0.4 is 0 Å². The van der Waals surface area contributed by atoms with Gasteiger partial charge in [-0.05, 0) is 24.5 Å². The lowest BCUT2D eigenvalue weighted by Gasteiger charge is -2.16. The molecule has 0 saturated heterocycles. The van der Waals surface area contributed by atoms with Crippen LogP contribution in [0.15, 0.2) is 12.3 Å². The maximum Gasteiger partial charge on any atom is 0.00555 e. The standard InChI is InChI=1S/C10H21N/c1-10(2,3)8-6-7-9-11(4)5/h7,9H,6,8H2,1-5H3/b9-7+. The van der Waals surface area contributed by atoms with Crippen molar-refractivity contribution in [3.8, 4) is 0 Å².